The van der Waals surface area contributed by atoms with Crippen molar-refractivity contribution in [2.24, 2.45) is 5.16 Å². The molecule has 2 aliphatic heterocycles. The molecule has 22 nitrogen and oxygen atoms in total. The van der Waals surface area contributed by atoms with Gasteiger partial charge in [0, 0.05) is 68.8 Å². The number of nitrogen functional groups attached to an aromatic ring is 1. The van der Waals surface area contributed by atoms with Gasteiger partial charge in [0.25, 0.3) is 29.4 Å². The van der Waals surface area contributed by atoms with Gasteiger partial charge in [0.15, 0.2) is 39.7 Å². The van der Waals surface area contributed by atoms with Crippen LogP contribution < -0.4 is 21.9 Å². The largest absolute Gasteiger partial charge is 0.504 e. The Morgan fingerprint density at radius 2 is 1.78 bits per heavy atom. The number of carboxylic acids is 1. The molecule has 0 unspecified atom stereocenters. The molecule has 1 saturated heterocycles. The maximum atomic E-state index is 13.8. The number of β-lactam (4-membered cyclic amide) rings is 1. The van der Waals surface area contributed by atoms with Gasteiger partial charge in [-0.15, -0.1) is 40.0 Å². The van der Waals surface area contributed by atoms with E-state index < -0.39 is 75.3 Å². The number of thioether (sulfide) groups is 2. The van der Waals surface area contributed by atoms with E-state index in [0.29, 0.717) is 21.9 Å². The number of anilines is 1. The third-order valence-corrected chi connectivity index (χ3v) is 13.1. The molecule has 27 heteroatoms. The van der Waals surface area contributed by atoms with E-state index >= 15 is 0 Å². The number of hydrazine groups is 1. The number of aromatic nitrogens is 5. The number of hydrogen-bond donors (Lipinski definition) is 9. The Balaban J connectivity index is 0.00000680. The van der Waals surface area contributed by atoms with E-state index in [1.54, 1.807) is 6.92 Å². The summed E-state index contributed by atoms with van der Waals surface area (Å²) in [4.78, 5) is 85.4. The number of nitrogens with one attached hydrogen (secondary N) is 3. The van der Waals surface area contributed by atoms with Gasteiger partial charge in [-0.2, -0.15) is 9.50 Å². The van der Waals surface area contributed by atoms with Crippen LogP contribution in [-0.4, -0.2) is 148 Å². The molecular formula is C37H34ClN11NaO11S3. The molecule has 329 valence electrons. The fraction of sp³-hybridized carbons (Fsp3) is 0.243. The molecule has 5 aromatic rings. The van der Waals surface area contributed by atoms with Crippen molar-refractivity contribution >= 4 is 122 Å². The van der Waals surface area contributed by atoms with Crippen molar-refractivity contribution in [3.63, 3.8) is 0 Å². The normalized spacial score (nSPS) is 16.1. The Bertz CT molecular complexity index is 2810. The molecule has 0 spiro atoms. The van der Waals surface area contributed by atoms with Gasteiger partial charge in [0.05, 0.1) is 5.02 Å². The number of phenolic OH excluding ortho intramolecular Hbond substituents is 4. The van der Waals surface area contributed by atoms with Crippen LogP contribution in [0, 0.1) is 13.8 Å². The van der Waals surface area contributed by atoms with E-state index in [1.165, 1.54) is 65.5 Å². The summed E-state index contributed by atoms with van der Waals surface area (Å²) in [7, 11) is 0. The summed E-state index contributed by atoms with van der Waals surface area (Å²) in [5.41, 5.74) is 9.47. The molecule has 4 amide bonds. The second kappa shape index (κ2) is 18.7. The summed E-state index contributed by atoms with van der Waals surface area (Å²) in [5, 5.41) is 61.7. The number of hydrogen-bond acceptors (Lipinski definition) is 19. The predicted molar refractivity (Wildman–Crippen MR) is 234 cm³/mol. The van der Waals surface area contributed by atoms with Crippen LogP contribution in [0.1, 0.15) is 41.2 Å². The number of nitrogens with zero attached hydrogens (tertiary/aromatic N) is 7. The number of carbonyl (C=O) groups excluding carboxylic acids is 4. The quantitative estimate of drug-likeness (QED) is 0.0164. The molecule has 0 aliphatic carbocycles. The number of halogens is 1. The zero-order valence-electron chi connectivity index (χ0n) is 34.0. The van der Waals surface area contributed by atoms with Crippen molar-refractivity contribution in [1.29, 1.82) is 0 Å². The predicted octanol–water partition coefficient (Wildman–Crippen LogP) is 2.03. The topological polar surface area (TPSA) is 329 Å². The van der Waals surface area contributed by atoms with Crippen LogP contribution in [0.2, 0.25) is 5.02 Å². The number of nitrogens with two attached hydrogens (primary N) is 1. The number of carbonyl (C=O) groups is 5. The first kappa shape index (κ1) is 47.6. The average molecular weight is 963 g/mol. The Morgan fingerprint density at radius 3 is 2.44 bits per heavy atom. The summed E-state index contributed by atoms with van der Waals surface area (Å²) in [5.74, 6) is -6.14. The van der Waals surface area contributed by atoms with E-state index in [1.807, 2.05) is 6.92 Å². The second-order valence-electron chi connectivity index (χ2n) is 14.2. The van der Waals surface area contributed by atoms with Crippen LogP contribution >= 0.6 is 46.5 Å². The minimum absolute atomic E-state index is 0. The first-order valence-electron chi connectivity index (χ1n) is 18.2. The molecule has 2 aliphatic rings. The first-order chi connectivity index (χ1) is 29.7. The van der Waals surface area contributed by atoms with Gasteiger partial charge in [-0.1, -0.05) is 16.8 Å². The van der Waals surface area contributed by atoms with Crippen LogP contribution in [0.25, 0.3) is 17.2 Å². The van der Waals surface area contributed by atoms with Gasteiger partial charge >= 0.3 is 5.97 Å². The Hall–Kier alpha value is -5.83. The smallest absolute Gasteiger partial charge is 0.352 e. The fourth-order valence-electron chi connectivity index (χ4n) is 6.03. The van der Waals surface area contributed by atoms with Crippen LogP contribution in [-0.2, 0) is 24.0 Å². The number of fused-ring (bicyclic) bond motifs is 2. The Labute approximate surface area is 400 Å². The third kappa shape index (κ3) is 9.36. The number of thiazole rings is 1. The molecule has 7 rings (SSSR count). The van der Waals surface area contributed by atoms with Gasteiger partial charge in [-0.25, -0.2) is 14.8 Å². The number of oxime groups is 1. The molecule has 2 atom stereocenters. The number of aromatic hydroxyl groups is 4. The molecule has 3 aromatic heterocycles. The molecule has 1 radical (unpaired) electrons. The van der Waals surface area contributed by atoms with E-state index in [2.05, 4.69) is 41.4 Å². The Morgan fingerprint density at radius 1 is 1.05 bits per heavy atom. The number of phenols is 4. The molecule has 1 fully saturated rings. The second-order valence-corrected chi connectivity index (χ2v) is 17.6. The van der Waals surface area contributed by atoms with Gasteiger partial charge < -0.3 is 41.4 Å². The molecule has 5 heterocycles. The first-order valence-corrected chi connectivity index (χ1v) is 21.4. The number of carboxylic acid groups (broad SMARTS) is 1. The molecule has 0 bridgehead atoms. The third-order valence-electron chi connectivity index (χ3n) is 9.55. The van der Waals surface area contributed by atoms with E-state index in [9.17, 15) is 49.5 Å². The summed E-state index contributed by atoms with van der Waals surface area (Å²) in [6, 6.07) is 4.70. The minimum atomic E-state index is -1.84. The maximum absolute atomic E-state index is 13.8. The molecule has 2 aromatic carbocycles. The van der Waals surface area contributed by atoms with Crippen molar-refractivity contribution in [2.45, 2.75) is 49.7 Å². The molecular weight excluding hydrogens is 929 g/mol. The number of benzene rings is 2. The molecule has 10 N–H and O–H groups in total. The van der Waals surface area contributed by atoms with E-state index in [4.69, 9.17) is 22.2 Å². The summed E-state index contributed by atoms with van der Waals surface area (Å²) in [6.45, 7) is 6.14. The van der Waals surface area contributed by atoms with Crippen molar-refractivity contribution < 1.29 is 54.3 Å². The van der Waals surface area contributed by atoms with Crippen LogP contribution in [0.15, 0.2) is 57.2 Å². The van der Waals surface area contributed by atoms with E-state index in [-0.39, 0.29) is 79.8 Å². The summed E-state index contributed by atoms with van der Waals surface area (Å²) < 4.78 is 1.47. The van der Waals surface area contributed by atoms with Gasteiger partial charge in [-0.3, -0.25) is 34.9 Å². The fourth-order valence-corrected chi connectivity index (χ4v) is 9.42. The van der Waals surface area contributed by atoms with Crippen molar-refractivity contribution in [3.05, 3.63) is 74.5 Å². The average Bonchev–Trinajstić information content (AvgIpc) is 3.87. The van der Waals surface area contributed by atoms with Gasteiger partial charge in [-0.05, 0) is 63.6 Å². The van der Waals surface area contributed by atoms with Gasteiger partial charge in [0.2, 0.25) is 5.60 Å². The summed E-state index contributed by atoms with van der Waals surface area (Å²) >= 11 is 9.50. The maximum Gasteiger partial charge on any atom is 0.352 e. The summed E-state index contributed by atoms with van der Waals surface area (Å²) in [6.07, 6.45) is 0. The van der Waals surface area contributed by atoms with Crippen LogP contribution in [0.5, 0.6) is 23.0 Å². The zero-order valence-corrected chi connectivity index (χ0v) is 39.2. The zero-order chi connectivity index (χ0) is 45.7. The van der Waals surface area contributed by atoms with Crippen molar-refractivity contribution in [3.8, 4) is 34.4 Å². The number of aryl methyl sites for hydroxylation is 1. The number of amides is 4. The van der Waals surface area contributed by atoms with Crippen molar-refractivity contribution in [1.82, 2.24) is 45.6 Å². The van der Waals surface area contributed by atoms with Gasteiger partial charge in [0.1, 0.15) is 27.8 Å². The number of aliphatic carboxylic acids is 1. The van der Waals surface area contributed by atoms with Crippen molar-refractivity contribution in [2.75, 3.05) is 17.2 Å². The minimum Gasteiger partial charge on any atom is -0.504 e. The van der Waals surface area contributed by atoms with Crippen LogP contribution in [0.4, 0.5) is 5.13 Å². The Kier molecular flexibility index (Phi) is 13.9. The SMILES string of the molecule is Cc1nc2nc(-c3cc(O)c(O)c(Cl)c3)nn2c(SCC2=C(C(=O)O)N3C(=O)[C@@H](NC(=O)C(=NOC(C)(C)C(=O)NNC(=O)c4ccc(O)c(O)c4)c4csc(N)n4)[C@H]3SC2)c1C.[Na]. The van der Waals surface area contributed by atoms with Crippen LogP contribution in [0.3, 0.4) is 0 Å². The number of rotatable bonds is 12. The molecule has 0 saturated carbocycles. The standard InChI is InChI=1S/C37H34ClN11O11S3.Na/c1-13-14(2)40-36-43-27(16-7-18(38)26(53)22(52)9-16)46-49(36)31(13)61-10-17-11-62-32-24(30(56)48(32)25(17)33(57)58)42-29(55)23(19-12-63-35(39)41-19)47-60-37(3,4)34(59)45-44-28(54)15-5-6-20(50)21(51)8-15;/h5-9,12,24,32,50-53H,10-11H2,1-4H3,(H2,39,41)(H,42,55)(H,44,54)(H,45,59)(H,57,58);/t24-,32-;/m1./s1. The van der Waals surface area contributed by atoms with E-state index in [0.717, 1.165) is 33.9 Å². The monoisotopic (exact) mass is 962 g/mol. The molecule has 64 heavy (non-hydrogen) atoms.